The van der Waals surface area contributed by atoms with E-state index in [9.17, 15) is 9.59 Å². The summed E-state index contributed by atoms with van der Waals surface area (Å²) in [5, 5.41) is 6.59. The molecule has 7 nitrogen and oxygen atoms in total. The van der Waals surface area contributed by atoms with Gasteiger partial charge in [0.15, 0.2) is 0 Å². The molecule has 168 valence electrons. The Kier molecular flexibility index (Phi) is 6.59. The average Bonchev–Trinajstić information content (AvgIpc) is 3.20. The minimum Gasteiger partial charge on any atom is -0.495 e. The molecule has 7 heteroatoms. The molecule has 0 spiro atoms. The summed E-state index contributed by atoms with van der Waals surface area (Å²) in [6, 6.07) is 22.8. The molecule has 0 bridgehead atoms. The van der Waals surface area contributed by atoms with E-state index < -0.39 is 0 Å². The second-order valence-corrected chi connectivity index (χ2v) is 7.58. The Morgan fingerprint density at radius 2 is 1.76 bits per heavy atom. The van der Waals surface area contributed by atoms with Crippen LogP contribution in [0, 0.1) is 0 Å². The highest BCUT2D eigenvalue weighted by atomic mass is 16.5. The van der Waals surface area contributed by atoms with Crippen molar-refractivity contribution in [3.63, 3.8) is 0 Å². The van der Waals surface area contributed by atoms with E-state index in [2.05, 4.69) is 10.6 Å². The lowest BCUT2D eigenvalue weighted by atomic mass is 10.2. The lowest BCUT2D eigenvalue weighted by Crippen LogP contribution is -2.19. The summed E-state index contributed by atoms with van der Waals surface area (Å²) < 4.78 is 13.1. The Morgan fingerprint density at radius 1 is 0.939 bits per heavy atom. The first-order chi connectivity index (χ1) is 16.0. The number of carbonyl (C=O) groups excluding carboxylic acids is 2. The molecule has 4 aromatic rings. The van der Waals surface area contributed by atoms with E-state index in [1.807, 2.05) is 65.4 Å². The molecule has 1 heterocycles. The van der Waals surface area contributed by atoms with E-state index in [0.717, 1.165) is 22.2 Å². The predicted molar refractivity (Wildman–Crippen MR) is 129 cm³/mol. The number of aromatic nitrogens is 1. The van der Waals surface area contributed by atoms with Gasteiger partial charge in [-0.1, -0.05) is 30.3 Å². The van der Waals surface area contributed by atoms with Crippen LogP contribution in [0.1, 0.15) is 12.5 Å². The Bertz CT molecular complexity index is 1280. The number of anilines is 2. The largest absolute Gasteiger partial charge is 0.495 e. The summed E-state index contributed by atoms with van der Waals surface area (Å²) in [5.74, 6) is 0.825. The van der Waals surface area contributed by atoms with Crippen molar-refractivity contribution in [3.05, 3.63) is 84.6 Å². The molecule has 0 unspecified atom stereocenters. The van der Waals surface area contributed by atoms with Crippen molar-refractivity contribution in [3.8, 4) is 11.5 Å². The minimum atomic E-state index is -0.221. The molecule has 1 aromatic heterocycles. The molecular formula is C26H25N3O4. The third kappa shape index (κ3) is 5.51. The van der Waals surface area contributed by atoms with Gasteiger partial charge in [-0.2, -0.15) is 0 Å². The topological polar surface area (TPSA) is 81.6 Å². The van der Waals surface area contributed by atoms with Crippen LogP contribution in [-0.4, -0.2) is 23.5 Å². The van der Waals surface area contributed by atoms with Crippen LogP contribution in [0.15, 0.2) is 79.0 Å². The zero-order valence-electron chi connectivity index (χ0n) is 18.5. The standard InChI is InChI=1S/C26H25N3O4/c1-18(30)27-21-9-11-25(32-2)23(14-21)28-26(31)16-29-13-12-20-8-10-22(15-24(20)29)33-17-19-6-4-3-5-7-19/h3-15H,16-17H2,1-2H3,(H,27,30)(H,28,31). The fourth-order valence-electron chi connectivity index (χ4n) is 3.56. The minimum absolute atomic E-state index is 0.110. The maximum absolute atomic E-state index is 12.8. The summed E-state index contributed by atoms with van der Waals surface area (Å²) in [7, 11) is 1.53. The number of fused-ring (bicyclic) bond motifs is 1. The first kappa shape index (κ1) is 22.0. The highest BCUT2D eigenvalue weighted by Crippen LogP contribution is 2.28. The first-order valence-corrected chi connectivity index (χ1v) is 10.5. The van der Waals surface area contributed by atoms with E-state index in [1.54, 1.807) is 18.2 Å². The van der Waals surface area contributed by atoms with Crippen molar-refractivity contribution >= 4 is 34.1 Å². The van der Waals surface area contributed by atoms with E-state index in [4.69, 9.17) is 9.47 Å². The van der Waals surface area contributed by atoms with Crippen LogP contribution in [0.4, 0.5) is 11.4 Å². The molecule has 2 N–H and O–H groups in total. The zero-order valence-corrected chi connectivity index (χ0v) is 18.5. The number of methoxy groups -OCH3 is 1. The van der Waals surface area contributed by atoms with Gasteiger partial charge in [0.1, 0.15) is 24.7 Å². The van der Waals surface area contributed by atoms with Gasteiger partial charge < -0.3 is 24.7 Å². The number of carbonyl (C=O) groups is 2. The molecule has 0 atom stereocenters. The molecule has 3 aromatic carbocycles. The van der Waals surface area contributed by atoms with Crippen LogP contribution in [0.5, 0.6) is 11.5 Å². The molecule has 2 amide bonds. The van der Waals surface area contributed by atoms with E-state index in [0.29, 0.717) is 23.7 Å². The third-order valence-electron chi connectivity index (χ3n) is 5.10. The molecule has 0 aliphatic carbocycles. The normalized spacial score (nSPS) is 10.6. The average molecular weight is 444 g/mol. The van der Waals surface area contributed by atoms with Gasteiger partial charge in [-0.3, -0.25) is 9.59 Å². The molecule has 0 aliphatic rings. The predicted octanol–water partition coefficient (Wildman–Crippen LogP) is 4.83. The van der Waals surface area contributed by atoms with Gasteiger partial charge in [-0.05, 0) is 47.3 Å². The van der Waals surface area contributed by atoms with Crippen molar-refractivity contribution in [1.82, 2.24) is 4.57 Å². The number of hydrogen-bond donors (Lipinski definition) is 2. The smallest absolute Gasteiger partial charge is 0.244 e. The highest BCUT2D eigenvalue weighted by Gasteiger charge is 2.12. The Labute approximate surface area is 191 Å². The van der Waals surface area contributed by atoms with Crippen molar-refractivity contribution in [2.75, 3.05) is 17.7 Å². The molecule has 33 heavy (non-hydrogen) atoms. The van der Waals surface area contributed by atoms with Gasteiger partial charge >= 0.3 is 0 Å². The summed E-state index contributed by atoms with van der Waals surface area (Å²) >= 11 is 0. The third-order valence-corrected chi connectivity index (χ3v) is 5.10. The van der Waals surface area contributed by atoms with Gasteiger partial charge in [0.25, 0.3) is 0 Å². The molecule has 4 rings (SSSR count). The number of ether oxygens (including phenoxy) is 2. The highest BCUT2D eigenvalue weighted by molar-refractivity contribution is 5.95. The fraction of sp³-hybridized carbons (Fsp3) is 0.154. The number of nitrogens with zero attached hydrogens (tertiary/aromatic N) is 1. The monoisotopic (exact) mass is 443 g/mol. The number of nitrogens with one attached hydrogen (secondary N) is 2. The molecular weight excluding hydrogens is 418 g/mol. The fourth-order valence-corrected chi connectivity index (χ4v) is 3.56. The molecule has 0 fully saturated rings. The van der Waals surface area contributed by atoms with Crippen LogP contribution in [0.2, 0.25) is 0 Å². The lowest BCUT2D eigenvalue weighted by Gasteiger charge is -2.13. The number of amides is 2. The van der Waals surface area contributed by atoms with Crippen molar-refractivity contribution in [1.29, 1.82) is 0 Å². The summed E-state index contributed by atoms with van der Waals surface area (Å²) in [6.45, 7) is 2.01. The summed E-state index contributed by atoms with van der Waals surface area (Å²) in [5.41, 5.74) is 3.04. The van der Waals surface area contributed by atoms with Crippen LogP contribution in [0.25, 0.3) is 10.9 Å². The van der Waals surface area contributed by atoms with Crippen LogP contribution >= 0.6 is 0 Å². The number of rotatable bonds is 8. The Hall–Kier alpha value is -4.26. The molecule has 0 radical (unpaired) electrons. The van der Waals surface area contributed by atoms with Gasteiger partial charge in [0.05, 0.1) is 18.3 Å². The van der Waals surface area contributed by atoms with Crippen LogP contribution in [-0.2, 0) is 22.7 Å². The van der Waals surface area contributed by atoms with Gasteiger partial charge in [-0.25, -0.2) is 0 Å². The van der Waals surface area contributed by atoms with E-state index in [1.165, 1.54) is 14.0 Å². The zero-order chi connectivity index (χ0) is 23.2. The summed E-state index contributed by atoms with van der Waals surface area (Å²) in [4.78, 5) is 24.2. The first-order valence-electron chi connectivity index (χ1n) is 10.5. The maximum Gasteiger partial charge on any atom is 0.244 e. The lowest BCUT2D eigenvalue weighted by molar-refractivity contribution is -0.116. The van der Waals surface area contributed by atoms with Crippen LogP contribution < -0.4 is 20.1 Å². The quantitative estimate of drug-likeness (QED) is 0.409. The van der Waals surface area contributed by atoms with Gasteiger partial charge in [0.2, 0.25) is 11.8 Å². The second kappa shape index (κ2) is 9.91. The molecule has 0 saturated carbocycles. The van der Waals surface area contributed by atoms with Gasteiger partial charge in [0, 0.05) is 24.9 Å². The second-order valence-electron chi connectivity index (χ2n) is 7.58. The number of benzene rings is 3. The maximum atomic E-state index is 12.8. The van der Waals surface area contributed by atoms with Crippen molar-refractivity contribution in [2.24, 2.45) is 0 Å². The van der Waals surface area contributed by atoms with Crippen molar-refractivity contribution in [2.45, 2.75) is 20.1 Å². The van der Waals surface area contributed by atoms with Crippen LogP contribution in [0.3, 0.4) is 0 Å². The molecule has 0 aliphatic heterocycles. The van der Waals surface area contributed by atoms with Crippen molar-refractivity contribution < 1.29 is 19.1 Å². The molecule has 0 saturated heterocycles. The SMILES string of the molecule is COc1ccc(NC(C)=O)cc1NC(=O)Cn1ccc2ccc(OCc3ccccc3)cc21. The van der Waals surface area contributed by atoms with E-state index in [-0.39, 0.29) is 18.4 Å². The number of hydrogen-bond acceptors (Lipinski definition) is 4. The van der Waals surface area contributed by atoms with E-state index >= 15 is 0 Å². The summed E-state index contributed by atoms with van der Waals surface area (Å²) in [6.07, 6.45) is 1.87. The van der Waals surface area contributed by atoms with Gasteiger partial charge in [-0.15, -0.1) is 0 Å². The Morgan fingerprint density at radius 3 is 2.52 bits per heavy atom. The Balaban J connectivity index is 1.48.